The Bertz CT molecular complexity index is 284. The highest BCUT2D eigenvalue weighted by molar-refractivity contribution is 5.45. The molecule has 1 aromatic rings. The van der Waals surface area contributed by atoms with E-state index in [1.807, 2.05) is 19.1 Å². The fourth-order valence-electron chi connectivity index (χ4n) is 0.971. The van der Waals surface area contributed by atoms with E-state index in [0.717, 1.165) is 11.1 Å². The van der Waals surface area contributed by atoms with Crippen molar-refractivity contribution in [2.24, 2.45) is 0 Å². The first-order valence-corrected chi connectivity index (χ1v) is 3.64. The van der Waals surface area contributed by atoms with Gasteiger partial charge < -0.3 is 10.5 Å². The Labute approximate surface area is 71.1 Å². The largest absolute Gasteiger partial charge is 0.463 e. The summed E-state index contributed by atoms with van der Waals surface area (Å²) >= 11 is 0. The Hall–Kier alpha value is -1.51. The molecule has 0 saturated carbocycles. The maximum Gasteiger partial charge on any atom is 0.293 e. The number of benzene rings is 1. The van der Waals surface area contributed by atoms with Gasteiger partial charge in [0, 0.05) is 5.69 Å². The Morgan fingerprint density at radius 2 is 2.33 bits per heavy atom. The van der Waals surface area contributed by atoms with Crippen LogP contribution in [0.1, 0.15) is 11.1 Å². The van der Waals surface area contributed by atoms with Gasteiger partial charge in [0.2, 0.25) is 0 Å². The molecule has 0 amide bonds. The molecule has 0 aromatic heterocycles. The van der Waals surface area contributed by atoms with Gasteiger partial charge in [-0.2, -0.15) is 0 Å². The van der Waals surface area contributed by atoms with Crippen LogP contribution in [0.2, 0.25) is 0 Å². The van der Waals surface area contributed by atoms with Crippen molar-refractivity contribution in [2.75, 3.05) is 5.73 Å². The quantitative estimate of drug-likeness (QED) is 0.541. The predicted octanol–water partition coefficient (Wildman–Crippen LogP) is 1.25. The summed E-state index contributed by atoms with van der Waals surface area (Å²) in [5.41, 5.74) is 8.26. The third-order valence-corrected chi connectivity index (χ3v) is 1.68. The number of hydrogen-bond acceptors (Lipinski definition) is 3. The number of hydrogen-bond donors (Lipinski definition) is 1. The van der Waals surface area contributed by atoms with Crippen molar-refractivity contribution in [1.29, 1.82) is 0 Å². The van der Waals surface area contributed by atoms with E-state index < -0.39 is 0 Å². The maximum atomic E-state index is 9.92. The molecule has 1 aromatic carbocycles. The van der Waals surface area contributed by atoms with Gasteiger partial charge in [-0.1, -0.05) is 6.07 Å². The third kappa shape index (κ3) is 1.99. The van der Waals surface area contributed by atoms with Gasteiger partial charge in [0.25, 0.3) is 6.47 Å². The van der Waals surface area contributed by atoms with Crippen molar-refractivity contribution >= 4 is 12.2 Å². The molecule has 0 atom stereocenters. The zero-order valence-corrected chi connectivity index (χ0v) is 6.91. The average molecular weight is 165 g/mol. The molecule has 2 N–H and O–H groups in total. The molecule has 0 heterocycles. The average Bonchev–Trinajstić information content (AvgIpc) is 2.07. The van der Waals surface area contributed by atoms with Crippen molar-refractivity contribution < 1.29 is 9.53 Å². The minimum absolute atomic E-state index is 0.292. The van der Waals surface area contributed by atoms with Gasteiger partial charge in [-0.25, -0.2) is 0 Å². The van der Waals surface area contributed by atoms with E-state index >= 15 is 0 Å². The molecule has 0 radical (unpaired) electrons. The first-order valence-electron chi connectivity index (χ1n) is 3.64. The number of anilines is 1. The van der Waals surface area contributed by atoms with E-state index in [1.54, 1.807) is 6.07 Å². The molecular formula is C9H11NO2. The fourth-order valence-corrected chi connectivity index (χ4v) is 0.971. The second kappa shape index (κ2) is 3.76. The fraction of sp³-hybridized carbons (Fsp3) is 0.222. The van der Waals surface area contributed by atoms with Crippen molar-refractivity contribution in [3.8, 4) is 0 Å². The van der Waals surface area contributed by atoms with E-state index in [1.165, 1.54) is 0 Å². The van der Waals surface area contributed by atoms with Crippen LogP contribution in [-0.2, 0) is 16.1 Å². The molecule has 0 fully saturated rings. The molecule has 3 heteroatoms. The van der Waals surface area contributed by atoms with Crippen LogP contribution in [0.15, 0.2) is 18.2 Å². The number of nitrogen functional groups attached to an aromatic ring is 1. The van der Waals surface area contributed by atoms with Gasteiger partial charge in [0.05, 0.1) is 0 Å². The molecule has 0 aliphatic heterocycles. The number of rotatable bonds is 3. The lowest BCUT2D eigenvalue weighted by molar-refractivity contribution is -0.129. The first kappa shape index (κ1) is 8.59. The Morgan fingerprint density at radius 1 is 1.58 bits per heavy atom. The lowest BCUT2D eigenvalue weighted by atomic mass is 10.1. The first-order chi connectivity index (χ1) is 5.74. The van der Waals surface area contributed by atoms with Crippen LogP contribution in [0.3, 0.4) is 0 Å². The lowest BCUT2D eigenvalue weighted by Crippen LogP contribution is -1.95. The van der Waals surface area contributed by atoms with Crippen molar-refractivity contribution in [1.82, 2.24) is 0 Å². The molecule has 12 heavy (non-hydrogen) atoms. The highest BCUT2D eigenvalue weighted by Gasteiger charge is 1.98. The van der Waals surface area contributed by atoms with Gasteiger partial charge in [-0.15, -0.1) is 0 Å². The van der Waals surface area contributed by atoms with E-state index in [4.69, 9.17) is 5.73 Å². The second-order valence-electron chi connectivity index (χ2n) is 2.59. The zero-order chi connectivity index (χ0) is 8.97. The summed E-state index contributed by atoms with van der Waals surface area (Å²) in [7, 11) is 0. The highest BCUT2D eigenvalue weighted by atomic mass is 16.5. The molecule has 0 unspecified atom stereocenters. The second-order valence-corrected chi connectivity index (χ2v) is 2.59. The van der Waals surface area contributed by atoms with Crippen LogP contribution >= 0.6 is 0 Å². The van der Waals surface area contributed by atoms with Gasteiger partial charge >= 0.3 is 0 Å². The predicted molar refractivity (Wildman–Crippen MR) is 46.4 cm³/mol. The minimum atomic E-state index is 0.292. The maximum absolute atomic E-state index is 9.92. The molecule has 0 aliphatic rings. The van der Waals surface area contributed by atoms with Crippen LogP contribution in [0.5, 0.6) is 0 Å². The van der Waals surface area contributed by atoms with Gasteiger partial charge in [-0.05, 0) is 30.2 Å². The molecule has 0 bridgehead atoms. The molecule has 0 spiro atoms. The Kier molecular flexibility index (Phi) is 2.69. The monoisotopic (exact) mass is 165 g/mol. The number of carbonyl (C=O) groups excluding carboxylic acids is 1. The number of carbonyl (C=O) groups is 1. The SMILES string of the molecule is Cc1ccc(N)cc1COC=O. The Morgan fingerprint density at radius 3 is 3.00 bits per heavy atom. The summed E-state index contributed by atoms with van der Waals surface area (Å²) in [5.74, 6) is 0. The zero-order valence-electron chi connectivity index (χ0n) is 6.91. The van der Waals surface area contributed by atoms with Gasteiger partial charge in [-0.3, -0.25) is 4.79 Å². The van der Waals surface area contributed by atoms with E-state index in [-0.39, 0.29) is 0 Å². The standard InChI is InChI=1S/C9H11NO2/c1-7-2-3-9(10)4-8(7)5-12-6-11/h2-4,6H,5,10H2,1H3. The summed E-state index contributed by atoms with van der Waals surface area (Å²) in [6, 6.07) is 5.53. The van der Waals surface area contributed by atoms with Crippen LogP contribution < -0.4 is 5.73 Å². The normalized spacial score (nSPS) is 9.42. The number of ether oxygens (including phenoxy) is 1. The van der Waals surface area contributed by atoms with Gasteiger partial charge in [0.15, 0.2) is 0 Å². The van der Waals surface area contributed by atoms with Crippen molar-refractivity contribution in [3.05, 3.63) is 29.3 Å². The summed E-state index contributed by atoms with van der Waals surface area (Å²) in [5, 5.41) is 0. The topological polar surface area (TPSA) is 52.3 Å². The smallest absolute Gasteiger partial charge is 0.293 e. The molecule has 3 nitrogen and oxygen atoms in total. The number of aryl methyl sites for hydroxylation is 1. The van der Waals surface area contributed by atoms with E-state index in [0.29, 0.717) is 18.8 Å². The van der Waals surface area contributed by atoms with E-state index in [2.05, 4.69) is 4.74 Å². The van der Waals surface area contributed by atoms with Crippen molar-refractivity contribution in [3.63, 3.8) is 0 Å². The highest BCUT2D eigenvalue weighted by Crippen LogP contribution is 2.12. The van der Waals surface area contributed by atoms with Crippen LogP contribution in [0.25, 0.3) is 0 Å². The summed E-state index contributed by atoms with van der Waals surface area (Å²) in [6.45, 7) is 2.67. The lowest BCUT2D eigenvalue weighted by Gasteiger charge is -2.04. The summed E-state index contributed by atoms with van der Waals surface area (Å²) in [6.07, 6.45) is 0. The summed E-state index contributed by atoms with van der Waals surface area (Å²) < 4.78 is 4.62. The molecular weight excluding hydrogens is 154 g/mol. The van der Waals surface area contributed by atoms with Gasteiger partial charge in [0.1, 0.15) is 6.61 Å². The van der Waals surface area contributed by atoms with Crippen LogP contribution in [0, 0.1) is 6.92 Å². The molecule has 64 valence electrons. The Balaban J connectivity index is 2.82. The molecule has 1 rings (SSSR count). The number of nitrogens with two attached hydrogens (primary N) is 1. The van der Waals surface area contributed by atoms with Crippen LogP contribution in [0.4, 0.5) is 5.69 Å². The van der Waals surface area contributed by atoms with Crippen molar-refractivity contribution in [2.45, 2.75) is 13.5 Å². The summed E-state index contributed by atoms with van der Waals surface area (Å²) in [4.78, 5) is 9.92. The molecule has 0 aliphatic carbocycles. The minimum Gasteiger partial charge on any atom is -0.463 e. The molecule has 0 saturated heterocycles. The van der Waals surface area contributed by atoms with E-state index in [9.17, 15) is 4.79 Å². The van der Waals surface area contributed by atoms with Crippen LogP contribution in [-0.4, -0.2) is 6.47 Å². The third-order valence-electron chi connectivity index (χ3n) is 1.68.